The number of benzene rings is 4. The SMILES string of the molecule is CC1(C)c2ccccc2C=Cc2ccc3c(c21)c1ccccc1n3-c1c(-c2ccccc2)n2n1C1C=CC=CC12. The second kappa shape index (κ2) is 7.67. The average molecular weight is 516 g/mol. The minimum absolute atomic E-state index is 0.162. The Hall–Kier alpha value is -4.76. The summed E-state index contributed by atoms with van der Waals surface area (Å²) in [7, 11) is 0. The lowest BCUT2D eigenvalue weighted by molar-refractivity contribution is 0.186. The Bertz CT molecular complexity index is 2090. The van der Waals surface area contributed by atoms with Crippen molar-refractivity contribution in [3.05, 3.63) is 138 Å². The Morgan fingerprint density at radius 1 is 0.625 bits per heavy atom. The van der Waals surface area contributed by atoms with Gasteiger partial charge in [-0.25, -0.2) is 0 Å². The molecule has 3 heteroatoms. The zero-order valence-electron chi connectivity index (χ0n) is 22.6. The summed E-state index contributed by atoms with van der Waals surface area (Å²) in [6, 6.07) is 34.1. The number of nitrogens with zero attached hydrogens (tertiary/aromatic N) is 3. The van der Waals surface area contributed by atoms with Crippen molar-refractivity contribution in [2.75, 3.05) is 0 Å². The van der Waals surface area contributed by atoms with Gasteiger partial charge in [0.2, 0.25) is 0 Å². The molecule has 0 saturated heterocycles. The van der Waals surface area contributed by atoms with Crippen LogP contribution in [0.25, 0.3) is 51.0 Å². The third kappa shape index (κ3) is 2.65. The van der Waals surface area contributed by atoms with Crippen LogP contribution in [0.3, 0.4) is 0 Å². The average Bonchev–Trinajstić information content (AvgIpc) is 3.24. The topological polar surface area (TPSA) is 14.8 Å². The van der Waals surface area contributed by atoms with Gasteiger partial charge in [0.1, 0.15) is 5.69 Å². The Morgan fingerprint density at radius 3 is 2.17 bits per heavy atom. The Labute approximate surface area is 233 Å². The Kier molecular flexibility index (Phi) is 4.24. The first-order valence-electron chi connectivity index (χ1n) is 14.2. The largest absolute Gasteiger partial charge is 0.292 e. The fourth-order valence-corrected chi connectivity index (χ4v) is 7.63. The molecule has 3 heterocycles. The zero-order valence-corrected chi connectivity index (χ0v) is 22.6. The number of hydrogen-bond donors (Lipinski definition) is 0. The van der Waals surface area contributed by atoms with E-state index in [1.165, 1.54) is 61.1 Å². The van der Waals surface area contributed by atoms with Crippen LogP contribution in [0.5, 0.6) is 0 Å². The van der Waals surface area contributed by atoms with E-state index in [0.717, 1.165) is 0 Å². The van der Waals surface area contributed by atoms with E-state index in [1.54, 1.807) is 0 Å². The van der Waals surface area contributed by atoms with E-state index in [0.29, 0.717) is 12.1 Å². The summed E-state index contributed by atoms with van der Waals surface area (Å²) in [5, 5.41) is 2.67. The molecule has 0 N–H and O–H groups in total. The van der Waals surface area contributed by atoms with Crippen molar-refractivity contribution in [3.8, 4) is 17.1 Å². The Balaban J connectivity index is 1.40. The molecule has 0 fully saturated rings. The number of fused-ring (bicyclic) bond motifs is 10. The fourth-order valence-electron chi connectivity index (χ4n) is 7.63. The molecule has 9 rings (SSSR count). The standard InChI is InChI=1S/C37H29N3/c1-37(2)28-16-8-6-12-24(28)20-21-25-22-23-32-33(34(25)37)27-15-7-9-17-29(27)38(32)36-35(26-13-4-3-5-14-26)39-30-18-10-11-19-31(30)40(36)39/h3-23,30-31H,1-2H3. The zero-order chi connectivity index (χ0) is 26.6. The molecule has 0 saturated carbocycles. The van der Waals surface area contributed by atoms with E-state index < -0.39 is 0 Å². The molecule has 192 valence electrons. The molecule has 0 amide bonds. The number of para-hydroxylation sites is 1. The number of hydrogen-bond acceptors (Lipinski definition) is 0. The highest BCUT2D eigenvalue weighted by Gasteiger charge is 2.44. The van der Waals surface area contributed by atoms with E-state index in [1.807, 2.05) is 0 Å². The highest BCUT2D eigenvalue weighted by atomic mass is 15.6. The Morgan fingerprint density at radius 2 is 1.32 bits per heavy atom. The van der Waals surface area contributed by atoms with Gasteiger partial charge in [0.25, 0.3) is 0 Å². The van der Waals surface area contributed by atoms with Crippen molar-refractivity contribution in [1.29, 1.82) is 0 Å². The van der Waals surface area contributed by atoms with Gasteiger partial charge in [-0.1, -0.05) is 129 Å². The molecule has 40 heavy (non-hydrogen) atoms. The lowest BCUT2D eigenvalue weighted by Crippen LogP contribution is -2.48. The molecule has 4 aromatic carbocycles. The lowest BCUT2D eigenvalue weighted by Gasteiger charge is -2.51. The molecule has 2 atom stereocenters. The van der Waals surface area contributed by atoms with E-state index >= 15 is 0 Å². The first-order valence-corrected chi connectivity index (χ1v) is 14.2. The molecular weight excluding hydrogens is 486 g/mol. The number of aromatic nitrogens is 3. The van der Waals surface area contributed by atoms with Crippen LogP contribution >= 0.6 is 0 Å². The van der Waals surface area contributed by atoms with Gasteiger partial charge in [-0.3, -0.25) is 13.9 Å². The summed E-state index contributed by atoms with van der Waals surface area (Å²) in [6.45, 7) is 4.78. The van der Waals surface area contributed by atoms with E-state index in [-0.39, 0.29) is 5.41 Å². The van der Waals surface area contributed by atoms with Gasteiger partial charge in [0.05, 0.1) is 23.1 Å². The van der Waals surface area contributed by atoms with Crippen LogP contribution in [-0.4, -0.2) is 13.9 Å². The highest BCUT2D eigenvalue weighted by molar-refractivity contribution is 6.13. The summed E-state index contributed by atoms with van der Waals surface area (Å²) >= 11 is 0. The van der Waals surface area contributed by atoms with Crippen molar-refractivity contribution >= 4 is 34.0 Å². The molecule has 2 unspecified atom stereocenters. The molecule has 0 radical (unpaired) electrons. The third-order valence-electron chi connectivity index (χ3n) is 9.36. The summed E-state index contributed by atoms with van der Waals surface area (Å²) in [5.74, 6) is 1.26. The summed E-state index contributed by atoms with van der Waals surface area (Å²) in [4.78, 5) is 0. The van der Waals surface area contributed by atoms with Crippen LogP contribution in [-0.2, 0) is 5.41 Å². The molecule has 3 aliphatic rings. The van der Waals surface area contributed by atoms with Crippen LogP contribution in [0.15, 0.2) is 115 Å². The second-order valence-corrected chi connectivity index (χ2v) is 11.8. The predicted molar refractivity (Wildman–Crippen MR) is 166 cm³/mol. The number of rotatable bonds is 2. The third-order valence-corrected chi connectivity index (χ3v) is 9.36. The summed E-state index contributed by atoms with van der Waals surface area (Å²) < 4.78 is 7.50. The minimum Gasteiger partial charge on any atom is -0.292 e. The van der Waals surface area contributed by atoms with Crippen molar-refractivity contribution in [2.45, 2.75) is 31.3 Å². The van der Waals surface area contributed by atoms with Crippen LogP contribution in [0.1, 0.15) is 48.2 Å². The molecule has 0 bridgehead atoms. The molecular formula is C37H29N3. The van der Waals surface area contributed by atoms with Gasteiger partial charge in [-0.05, 0) is 34.4 Å². The number of allylic oxidation sites excluding steroid dienone is 4. The van der Waals surface area contributed by atoms with Gasteiger partial charge in [-0.2, -0.15) is 0 Å². The monoisotopic (exact) mass is 515 g/mol. The first-order chi connectivity index (χ1) is 19.6. The smallest absolute Gasteiger partial charge is 0.159 e. The van der Waals surface area contributed by atoms with E-state index in [4.69, 9.17) is 0 Å². The molecule has 0 spiro atoms. The molecule has 2 aliphatic carbocycles. The first kappa shape index (κ1) is 22.1. The van der Waals surface area contributed by atoms with Gasteiger partial charge < -0.3 is 0 Å². The van der Waals surface area contributed by atoms with Crippen LogP contribution in [0.4, 0.5) is 0 Å². The van der Waals surface area contributed by atoms with Gasteiger partial charge in [0, 0.05) is 21.8 Å². The van der Waals surface area contributed by atoms with Gasteiger partial charge >= 0.3 is 0 Å². The van der Waals surface area contributed by atoms with E-state index in [9.17, 15) is 0 Å². The highest BCUT2D eigenvalue weighted by Crippen LogP contribution is 2.52. The summed E-state index contributed by atoms with van der Waals surface area (Å²) in [5.41, 5.74) is 10.3. The quantitative estimate of drug-likeness (QED) is 0.218. The second-order valence-electron chi connectivity index (χ2n) is 11.8. The normalized spacial score (nSPS) is 19.6. The molecule has 3 nitrogen and oxygen atoms in total. The van der Waals surface area contributed by atoms with Crippen molar-refractivity contribution in [2.24, 2.45) is 0 Å². The minimum atomic E-state index is -0.162. The van der Waals surface area contributed by atoms with Crippen molar-refractivity contribution in [1.82, 2.24) is 13.9 Å². The maximum atomic E-state index is 2.53. The molecule has 6 aromatic rings. The molecule has 2 aromatic heterocycles. The fraction of sp³-hybridized carbons (Fsp3) is 0.135. The van der Waals surface area contributed by atoms with Crippen molar-refractivity contribution < 1.29 is 0 Å². The maximum absolute atomic E-state index is 2.53. The lowest BCUT2D eigenvalue weighted by atomic mass is 9.74. The maximum Gasteiger partial charge on any atom is 0.159 e. The summed E-state index contributed by atoms with van der Waals surface area (Å²) in [6.07, 6.45) is 13.6. The van der Waals surface area contributed by atoms with Crippen LogP contribution < -0.4 is 0 Å². The van der Waals surface area contributed by atoms with Gasteiger partial charge in [0.15, 0.2) is 5.82 Å². The van der Waals surface area contributed by atoms with Crippen LogP contribution in [0.2, 0.25) is 0 Å². The van der Waals surface area contributed by atoms with Gasteiger partial charge in [-0.15, -0.1) is 0 Å². The molecule has 1 aliphatic heterocycles. The van der Waals surface area contributed by atoms with E-state index in [2.05, 4.69) is 155 Å². The van der Waals surface area contributed by atoms with Crippen LogP contribution in [0, 0.1) is 0 Å². The predicted octanol–water partition coefficient (Wildman–Crippen LogP) is 9.09. The van der Waals surface area contributed by atoms with Crippen molar-refractivity contribution in [3.63, 3.8) is 0 Å².